The summed E-state index contributed by atoms with van der Waals surface area (Å²) in [5, 5.41) is 1.08. The Morgan fingerprint density at radius 3 is 2.84 bits per heavy atom. The summed E-state index contributed by atoms with van der Waals surface area (Å²) in [6.45, 7) is 4.64. The van der Waals surface area contributed by atoms with Gasteiger partial charge in [0.15, 0.2) is 0 Å². The molecule has 2 rings (SSSR count). The first-order chi connectivity index (χ1) is 9.10. The van der Waals surface area contributed by atoms with Gasteiger partial charge < -0.3 is 10.5 Å². The zero-order valence-electron chi connectivity index (χ0n) is 11.3. The summed E-state index contributed by atoms with van der Waals surface area (Å²) >= 11 is 0. The van der Waals surface area contributed by atoms with Crippen LogP contribution in [0.4, 0.5) is 0 Å². The molecule has 0 aliphatic carbocycles. The number of rotatable bonds is 5. The molecule has 4 nitrogen and oxygen atoms in total. The Morgan fingerprint density at radius 1 is 1.37 bits per heavy atom. The lowest BCUT2D eigenvalue weighted by Crippen LogP contribution is -2.11. The van der Waals surface area contributed by atoms with E-state index in [1.165, 1.54) is 0 Å². The van der Waals surface area contributed by atoms with E-state index in [0.29, 0.717) is 19.4 Å². The van der Waals surface area contributed by atoms with Crippen LogP contribution in [0.2, 0.25) is 0 Å². The van der Waals surface area contributed by atoms with Crippen LogP contribution in [-0.2, 0) is 11.2 Å². The van der Waals surface area contributed by atoms with E-state index >= 15 is 0 Å². The van der Waals surface area contributed by atoms with Gasteiger partial charge in [0.25, 0.3) is 0 Å². The highest BCUT2D eigenvalue weighted by Crippen LogP contribution is 2.23. The lowest BCUT2D eigenvalue weighted by atomic mass is 10.1. The van der Waals surface area contributed by atoms with E-state index in [9.17, 15) is 4.79 Å². The SMILES string of the molecule is CCOc1ccc2nc(CCC(N)=O)cc(C)c2c1. The van der Waals surface area contributed by atoms with E-state index in [2.05, 4.69) is 4.98 Å². The minimum absolute atomic E-state index is 0.300. The van der Waals surface area contributed by atoms with Gasteiger partial charge >= 0.3 is 0 Å². The summed E-state index contributed by atoms with van der Waals surface area (Å²) in [5.74, 6) is 0.552. The van der Waals surface area contributed by atoms with Crippen LogP contribution in [0.5, 0.6) is 5.75 Å². The second kappa shape index (κ2) is 5.69. The molecule has 0 saturated carbocycles. The summed E-state index contributed by atoms with van der Waals surface area (Å²) in [5.41, 5.74) is 8.11. The number of pyridine rings is 1. The Hall–Kier alpha value is -2.10. The molecule has 0 aliphatic heterocycles. The number of benzene rings is 1. The average molecular weight is 258 g/mol. The number of aromatic nitrogens is 1. The maximum absolute atomic E-state index is 10.8. The average Bonchev–Trinajstić information content (AvgIpc) is 2.37. The first-order valence-corrected chi connectivity index (χ1v) is 6.41. The van der Waals surface area contributed by atoms with Gasteiger partial charge in [0.2, 0.25) is 5.91 Å². The van der Waals surface area contributed by atoms with Crippen molar-refractivity contribution in [1.82, 2.24) is 4.98 Å². The maximum Gasteiger partial charge on any atom is 0.217 e. The van der Waals surface area contributed by atoms with Gasteiger partial charge in [-0.25, -0.2) is 0 Å². The summed E-state index contributed by atoms with van der Waals surface area (Å²) < 4.78 is 5.49. The number of primary amides is 1. The molecule has 1 heterocycles. The number of carbonyl (C=O) groups is 1. The van der Waals surface area contributed by atoms with Crippen molar-refractivity contribution in [1.29, 1.82) is 0 Å². The third-order valence-electron chi connectivity index (χ3n) is 2.98. The predicted molar refractivity (Wildman–Crippen MR) is 75.2 cm³/mol. The summed E-state index contributed by atoms with van der Waals surface area (Å²) in [6.07, 6.45) is 0.911. The third kappa shape index (κ3) is 3.22. The fourth-order valence-corrected chi connectivity index (χ4v) is 2.08. The first-order valence-electron chi connectivity index (χ1n) is 6.41. The molecule has 0 spiro atoms. The number of aryl methyl sites for hydroxylation is 2. The molecule has 0 fully saturated rings. The molecule has 0 radical (unpaired) electrons. The first kappa shape index (κ1) is 13.3. The van der Waals surface area contributed by atoms with Crippen molar-refractivity contribution in [3.05, 3.63) is 35.5 Å². The van der Waals surface area contributed by atoms with Crippen LogP contribution in [0.1, 0.15) is 24.6 Å². The Balaban J connectivity index is 2.35. The molecule has 19 heavy (non-hydrogen) atoms. The Morgan fingerprint density at radius 2 is 2.16 bits per heavy atom. The van der Waals surface area contributed by atoms with Gasteiger partial charge in [0, 0.05) is 17.5 Å². The highest BCUT2D eigenvalue weighted by molar-refractivity contribution is 5.83. The molecule has 2 aromatic rings. The van der Waals surface area contributed by atoms with Crippen LogP contribution in [0, 0.1) is 6.92 Å². The Kier molecular flexibility index (Phi) is 4.00. The normalized spacial score (nSPS) is 10.6. The number of nitrogens with zero attached hydrogens (tertiary/aromatic N) is 1. The Labute approximate surface area is 112 Å². The van der Waals surface area contributed by atoms with Gasteiger partial charge in [0.05, 0.1) is 12.1 Å². The standard InChI is InChI=1S/C15H18N2O2/c1-3-19-12-5-6-14-13(9-12)10(2)8-11(17-14)4-7-15(16)18/h5-6,8-9H,3-4,7H2,1-2H3,(H2,16,18). The molecular weight excluding hydrogens is 240 g/mol. The van der Waals surface area contributed by atoms with E-state index in [4.69, 9.17) is 10.5 Å². The van der Waals surface area contributed by atoms with Crippen molar-refractivity contribution in [3.8, 4) is 5.75 Å². The fraction of sp³-hybridized carbons (Fsp3) is 0.333. The van der Waals surface area contributed by atoms with Crippen molar-refractivity contribution in [2.75, 3.05) is 6.61 Å². The van der Waals surface area contributed by atoms with E-state index in [0.717, 1.165) is 27.9 Å². The zero-order chi connectivity index (χ0) is 13.8. The summed E-state index contributed by atoms with van der Waals surface area (Å²) in [7, 11) is 0. The van der Waals surface area contributed by atoms with Gasteiger partial charge in [0.1, 0.15) is 5.75 Å². The van der Waals surface area contributed by atoms with E-state index in [1.54, 1.807) is 0 Å². The third-order valence-corrected chi connectivity index (χ3v) is 2.98. The second-order valence-corrected chi connectivity index (χ2v) is 4.51. The summed E-state index contributed by atoms with van der Waals surface area (Å²) in [4.78, 5) is 15.4. The van der Waals surface area contributed by atoms with Gasteiger partial charge in [-0.1, -0.05) is 0 Å². The van der Waals surface area contributed by atoms with Crippen molar-refractivity contribution in [2.24, 2.45) is 5.73 Å². The molecule has 0 aliphatic rings. The minimum Gasteiger partial charge on any atom is -0.494 e. The molecule has 4 heteroatoms. The molecule has 2 N–H and O–H groups in total. The van der Waals surface area contributed by atoms with E-state index in [1.807, 2.05) is 38.1 Å². The number of fused-ring (bicyclic) bond motifs is 1. The van der Waals surface area contributed by atoms with Crippen molar-refractivity contribution in [3.63, 3.8) is 0 Å². The highest BCUT2D eigenvalue weighted by Gasteiger charge is 2.06. The fourth-order valence-electron chi connectivity index (χ4n) is 2.08. The monoisotopic (exact) mass is 258 g/mol. The van der Waals surface area contributed by atoms with Crippen molar-refractivity contribution < 1.29 is 9.53 Å². The molecule has 0 bridgehead atoms. The second-order valence-electron chi connectivity index (χ2n) is 4.51. The minimum atomic E-state index is -0.300. The quantitative estimate of drug-likeness (QED) is 0.895. The number of nitrogens with two attached hydrogens (primary N) is 1. The highest BCUT2D eigenvalue weighted by atomic mass is 16.5. The van der Waals surface area contributed by atoms with Crippen LogP contribution in [-0.4, -0.2) is 17.5 Å². The van der Waals surface area contributed by atoms with Gasteiger partial charge in [-0.05, 0) is 50.1 Å². The van der Waals surface area contributed by atoms with Gasteiger partial charge in [-0.3, -0.25) is 9.78 Å². The molecular formula is C15H18N2O2. The smallest absolute Gasteiger partial charge is 0.217 e. The maximum atomic E-state index is 10.8. The molecule has 0 unspecified atom stereocenters. The van der Waals surface area contributed by atoms with Crippen LogP contribution >= 0.6 is 0 Å². The summed E-state index contributed by atoms with van der Waals surface area (Å²) in [6, 6.07) is 7.86. The number of carbonyl (C=O) groups excluding carboxylic acids is 1. The van der Waals surface area contributed by atoms with Crippen LogP contribution in [0.3, 0.4) is 0 Å². The molecule has 1 aromatic heterocycles. The lowest BCUT2D eigenvalue weighted by Gasteiger charge is -2.08. The van der Waals surface area contributed by atoms with Gasteiger partial charge in [-0.2, -0.15) is 0 Å². The number of amides is 1. The molecule has 100 valence electrons. The van der Waals surface area contributed by atoms with Crippen LogP contribution in [0.15, 0.2) is 24.3 Å². The van der Waals surface area contributed by atoms with Crippen LogP contribution in [0.25, 0.3) is 10.9 Å². The number of hydrogen-bond donors (Lipinski definition) is 1. The van der Waals surface area contributed by atoms with E-state index in [-0.39, 0.29) is 5.91 Å². The topological polar surface area (TPSA) is 65.2 Å². The number of hydrogen-bond acceptors (Lipinski definition) is 3. The zero-order valence-corrected chi connectivity index (χ0v) is 11.3. The number of ether oxygens (including phenoxy) is 1. The molecule has 1 amide bonds. The predicted octanol–water partition coefficient (Wildman–Crippen LogP) is 2.36. The van der Waals surface area contributed by atoms with E-state index < -0.39 is 0 Å². The molecule has 1 aromatic carbocycles. The lowest BCUT2D eigenvalue weighted by molar-refractivity contribution is -0.118. The van der Waals surface area contributed by atoms with Gasteiger partial charge in [-0.15, -0.1) is 0 Å². The van der Waals surface area contributed by atoms with Crippen LogP contribution < -0.4 is 10.5 Å². The van der Waals surface area contributed by atoms with Crippen molar-refractivity contribution >= 4 is 16.8 Å². The largest absolute Gasteiger partial charge is 0.494 e. The Bertz CT molecular complexity index is 608. The van der Waals surface area contributed by atoms with Crippen molar-refractivity contribution in [2.45, 2.75) is 26.7 Å². The molecule has 0 atom stereocenters. The molecule has 0 saturated heterocycles.